The van der Waals surface area contributed by atoms with E-state index in [0.717, 1.165) is 0 Å². The van der Waals surface area contributed by atoms with Gasteiger partial charge in [-0.2, -0.15) is 0 Å². The molecule has 0 aliphatic carbocycles. The van der Waals surface area contributed by atoms with E-state index in [4.69, 9.17) is 10.2 Å². The standard InChI is InChI=1S/C6H10O2/c1-3-4-6(2,8)5-7/h7-8H,5H2,1-2H3. The lowest BCUT2D eigenvalue weighted by Crippen LogP contribution is -2.26. The summed E-state index contributed by atoms with van der Waals surface area (Å²) in [7, 11) is 0. The molecule has 2 N–H and O–H groups in total. The average Bonchev–Trinajstić information content (AvgIpc) is 1.67. The van der Waals surface area contributed by atoms with Gasteiger partial charge in [0, 0.05) is 0 Å². The molecule has 0 aromatic heterocycles. The van der Waals surface area contributed by atoms with E-state index in [2.05, 4.69) is 11.8 Å². The monoisotopic (exact) mass is 114 g/mol. The molecule has 0 radical (unpaired) electrons. The maximum atomic E-state index is 8.90. The average molecular weight is 114 g/mol. The fourth-order valence-corrected chi connectivity index (χ4v) is 0.309. The van der Waals surface area contributed by atoms with E-state index in [1.165, 1.54) is 6.92 Å². The zero-order valence-electron chi connectivity index (χ0n) is 5.10. The van der Waals surface area contributed by atoms with Crippen LogP contribution in [0.5, 0.6) is 0 Å². The highest BCUT2D eigenvalue weighted by Gasteiger charge is 2.12. The molecule has 0 heterocycles. The minimum absolute atomic E-state index is 0.312. The minimum atomic E-state index is -1.21. The van der Waals surface area contributed by atoms with Crippen molar-refractivity contribution in [3.05, 3.63) is 0 Å². The van der Waals surface area contributed by atoms with E-state index in [1.807, 2.05) is 0 Å². The molecule has 0 aliphatic heterocycles. The Morgan fingerprint density at radius 1 is 1.62 bits per heavy atom. The summed E-state index contributed by atoms with van der Waals surface area (Å²) >= 11 is 0. The number of hydrogen-bond donors (Lipinski definition) is 2. The fourth-order valence-electron chi connectivity index (χ4n) is 0.309. The molecule has 0 bridgehead atoms. The van der Waals surface area contributed by atoms with Gasteiger partial charge in [0.1, 0.15) is 5.60 Å². The van der Waals surface area contributed by atoms with E-state index in [-0.39, 0.29) is 6.61 Å². The molecule has 0 aliphatic rings. The Morgan fingerprint density at radius 2 is 2.12 bits per heavy atom. The van der Waals surface area contributed by atoms with Crippen molar-refractivity contribution < 1.29 is 10.2 Å². The number of rotatable bonds is 1. The van der Waals surface area contributed by atoms with Crippen molar-refractivity contribution in [2.24, 2.45) is 0 Å². The fraction of sp³-hybridized carbons (Fsp3) is 0.667. The van der Waals surface area contributed by atoms with Crippen LogP contribution < -0.4 is 0 Å². The summed E-state index contributed by atoms with van der Waals surface area (Å²) < 4.78 is 0. The highest BCUT2D eigenvalue weighted by atomic mass is 16.3. The molecule has 2 nitrogen and oxygen atoms in total. The van der Waals surface area contributed by atoms with Gasteiger partial charge in [-0.05, 0) is 13.8 Å². The summed E-state index contributed by atoms with van der Waals surface area (Å²) in [5, 5.41) is 17.3. The summed E-state index contributed by atoms with van der Waals surface area (Å²) in [6.45, 7) is 2.77. The first-order valence-electron chi connectivity index (χ1n) is 2.39. The van der Waals surface area contributed by atoms with Crippen molar-refractivity contribution in [2.75, 3.05) is 6.61 Å². The second-order valence-electron chi connectivity index (χ2n) is 1.81. The molecular weight excluding hydrogens is 104 g/mol. The molecule has 0 aromatic rings. The van der Waals surface area contributed by atoms with Crippen molar-refractivity contribution in [2.45, 2.75) is 19.4 Å². The molecule has 46 valence electrons. The predicted octanol–water partition coefficient (Wildman–Crippen LogP) is -0.247. The Hall–Kier alpha value is -0.520. The topological polar surface area (TPSA) is 40.5 Å². The zero-order chi connectivity index (χ0) is 6.62. The molecule has 2 heteroatoms. The van der Waals surface area contributed by atoms with E-state index >= 15 is 0 Å². The van der Waals surface area contributed by atoms with Gasteiger partial charge in [0.2, 0.25) is 0 Å². The predicted molar refractivity (Wildman–Crippen MR) is 31.2 cm³/mol. The van der Waals surface area contributed by atoms with E-state index in [0.29, 0.717) is 0 Å². The van der Waals surface area contributed by atoms with Crippen molar-refractivity contribution in [3.8, 4) is 11.8 Å². The Bertz CT molecular complexity index is 116. The van der Waals surface area contributed by atoms with Crippen LogP contribution in [0.25, 0.3) is 0 Å². The summed E-state index contributed by atoms with van der Waals surface area (Å²) in [6.07, 6.45) is 0. The van der Waals surface area contributed by atoms with Crippen molar-refractivity contribution in [1.82, 2.24) is 0 Å². The summed E-state index contributed by atoms with van der Waals surface area (Å²) in [6, 6.07) is 0. The third-order valence-electron chi connectivity index (χ3n) is 0.702. The van der Waals surface area contributed by atoms with Gasteiger partial charge in [0.25, 0.3) is 0 Å². The molecule has 0 saturated carbocycles. The quantitative estimate of drug-likeness (QED) is 0.461. The molecule has 0 aromatic carbocycles. The first-order valence-corrected chi connectivity index (χ1v) is 2.39. The van der Waals surface area contributed by atoms with Crippen LogP contribution in [0.1, 0.15) is 13.8 Å². The van der Waals surface area contributed by atoms with Gasteiger partial charge < -0.3 is 10.2 Å². The zero-order valence-corrected chi connectivity index (χ0v) is 5.10. The molecule has 1 unspecified atom stereocenters. The van der Waals surface area contributed by atoms with Crippen molar-refractivity contribution >= 4 is 0 Å². The van der Waals surface area contributed by atoms with Crippen LogP contribution in [-0.4, -0.2) is 22.4 Å². The normalized spacial score (nSPS) is 16.0. The van der Waals surface area contributed by atoms with Crippen LogP contribution in [0, 0.1) is 11.8 Å². The Kier molecular flexibility index (Phi) is 2.53. The summed E-state index contributed by atoms with van der Waals surface area (Å²) in [4.78, 5) is 0. The second kappa shape index (κ2) is 2.71. The molecular formula is C6H10O2. The van der Waals surface area contributed by atoms with Crippen LogP contribution >= 0.6 is 0 Å². The van der Waals surface area contributed by atoms with Gasteiger partial charge >= 0.3 is 0 Å². The summed E-state index contributed by atoms with van der Waals surface area (Å²) in [5.41, 5.74) is -1.21. The third-order valence-corrected chi connectivity index (χ3v) is 0.702. The van der Waals surface area contributed by atoms with Gasteiger partial charge in [-0.1, -0.05) is 5.92 Å². The van der Waals surface area contributed by atoms with Gasteiger partial charge in [-0.3, -0.25) is 0 Å². The Morgan fingerprint density at radius 3 is 2.25 bits per heavy atom. The van der Waals surface area contributed by atoms with Gasteiger partial charge in [0.05, 0.1) is 6.61 Å². The largest absolute Gasteiger partial charge is 0.392 e. The second-order valence-corrected chi connectivity index (χ2v) is 1.81. The molecule has 0 saturated heterocycles. The SMILES string of the molecule is CC#CC(C)(O)CO. The lowest BCUT2D eigenvalue weighted by atomic mass is 10.1. The smallest absolute Gasteiger partial charge is 0.145 e. The van der Waals surface area contributed by atoms with Crippen LogP contribution in [-0.2, 0) is 0 Å². The molecule has 0 fully saturated rings. The first kappa shape index (κ1) is 7.48. The highest BCUT2D eigenvalue weighted by molar-refractivity contribution is 5.09. The van der Waals surface area contributed by atoms with Crippen LogP contribution in [0.15, 0.2) is 0 Å². The summed E-state index contributed by atoms with van der Waals surface area (Å²) in [5.74, 6) is 4.93. The lowest BCUT2D eigenvalue weighted by Gasteiger charge is -2.10. The van der Waals surface area contributed by atoms with Crippen molar-refractivity contribution in [3.63, 3.8) is 0 Å². The van der Waals surface area contributed by atoms with Crippen molar-refractivity contribution in [1.29, 1.82) is 0 Å². The molecule has 0 spiro atoms. The van der Waals surface area contributed by atoms with Gasteiger partial charge in [-0.15, -0.1) is 5.92 Å². The lowest BCUT2D eigenvalue weighted by molar-refractivity contribution is 0.0518. The maximum Gasteiger partial charge on any atom is 0.145 e. The van der Waals surface area contributed by atoms with E-state index < -0.39 is 5.60 Å². The molecule has 0 amide bonds. The van der Waals surface area contributed by atoms with E-state index in [9.17, 15) is 0 Å². The van der Waals surface area contributed by atoms with Crippen LogP contribution in [0.3, 0.4) is 0 Å². The number of aliphatic hydroxyl groups is 2. The van der Waals surface area contributed by atoms with E-state index in [1.54, 1.807) is 6.92 Å². The maximum absolute atomic E-state index is 8.90. The van der Waals surface area contributed by atoms with Crippen LogP contribution in [0.4, 0.5) is 0 Å². The van der Waals surface area contributed by atoms with Crippen LogP contribution in [0.2, 0.25) is 0 Å². The number of hydrogen-bond acceptors (Lipinski definition) is 2. The third kappa shape index (κ3) is 2.62. The Balaban J connectivity index is 3.85. The molecule has 8 heavy (non-hydrogen) atoms. The van der Waals surface area contributed by atoms with Gasteiger partial charge in [-0.25, -0.2) is 0 Å². The Labute approximate surface area is 49.2 Å². The molecule has 0 rings (SSSR count). The highest BCUT2D eigenvalue weighted by Crippen LogP contribution is 1.96. The molecule has 1 atom stereocenters. The number of aliphatic hydroxyl groups excluding tert-OH is 1. The first-order chi connectivity index (χ1) is 3.62. The minimum Gasteiger partial charge on any atom is -0.392 e. The van der Waals surface area contributed by atoms with Gasteiger partial charge in [0.15, 0.2) is 0 Å².